The SMILES string of the molecule is CCOC(=O)c1csc(-c2ccc(C(F)(F)F)cc2F)n1. The van der Waals surface area contributed by atoms with Gasteiger partial charge in [-0.05, 0) is 25.1 Å². The number of alkyl halides is 3. The first-order valence-corrected chi connectivity index (χ1v) is 6.70. The number of carbonyl (C=O) groups is 1. The summed E-state index contributed by atoms with van der Waals surface area (Å²) in [6, 6.07) is 2.16. The molecule has 8 heteroatoms. The van der Waals surface area contributed by atoms with E-state index in [0.29, 0.717) is 6.07 Å². The van der Waals surface area contributed by atoms with E-state index in [2.05, 4.69) is 4.98 Å². The van der Waals surface area contributed by atoms with E-state index in [4.69, 9.17) is 4.74 Å². The fourth-order valence-electron chi connectivity index (χ4n) is 1.56. The van der Waals surface area contributed by atoms with Crippen molar-refractivity contribution >= 4 is 17.3 Å². The van der Waals surface area contributed by atoms with Crippen molar-refractivity contribution in [3.63, 3.8) is 0 Å². The van der Waals surface area contributed by atoms with Crippen LogP contribution in [0.5, 0.6) is 0 Å². The Labute approximate surface area is 121 Å². The predicted octanol–water partition coefficient (Wildman–Crippen LogP) is 4.14. The molecule has 0 radical (unpaired) electrons. The fraction of sp³-hybridized carbons (Fsp3) is 0.231. The van der Waals surface area contributed by atoms with Gasteiger partial charge in [0.15, 0.2) is 5.69 Å². The third-order valence-corrected chi connectivity index (χ3v) is 3.39. The van der Waals surface area contributed by atoms with E-state index in [1.54, 1.807) is 6.92 Å². The van der Waals surface area contributed by atoms with Crippen LogP contribution >= 0.6 is 11.3 Å². The first-order valence-electron chi connectivity index (χ1n) is 5.82. The van der Waals surface area contributed by atoms with Crippen LogP contribution < -0.4 is 0 Å². The second-order valence-corrected chi connectivity index (χ2v) is 4.81. The van der Waals surface area contributed by atoms with Crippen LogP contribution in [0, 0.1) is 5.82 Å². The average Bonchev–Trinajstić information content (AvgIpc) is 2.87. The molecule has 112 valence electrons. The Morgan fingerprint density at radius 2 is 2.10 bits per heavy atom. The number of aromatic nitrogens is 1. The van der Waals surface area contributed by atoms with E-state index in [-0.39, 0.29) is 22.9 Å². The second kappa shape index (κ2) is 5.80. The molecular formula is C13H9F4NO2S. The lowest BCUT2D eigenvalue weighted by atomic mass is 10.1. The lowest BCUT2D eigenvalue weighted by molar-refractivity contribution is -0.137. The van der Waals surface area contributed by atoms with Crippen LogP contribution in [0.1, 0.15) is 23.0 Å². The maximum absolute atomic E-state index is 13.8. The van der Waals surface area contributed by atoms with Crippen molar-refractivity contribution in [2.45, 2.75) is 13.1 Å². The van der Waals surface area contributed by atoms with Gasteiger partial charge >= 0.3 is 12.1 Å². The molecule has 0 amide bonds. The highest BCUT2D eigenvalue weighted by molar-refractivity contribution is 7.13. The van der Waals surface area contributed by atoms with Crippen molar-refractivity contribution < 1.29 is 27.1 Å². The number of esters is 1. The summed E-state index contributed by atoms with van der Waals surface area (Å²) in [5, 5.41) is 1.48. The van der Waals surface area contributed by atoms with Gasteiger partial charge in [0.25, 0.3) is 0 Å². The van der Waals surface area contributed by atoms with Gasteiger partial charge in [-0.25, -0.2) is 14.2 Å². The minimum Gasteiger partial charge on any atom is -0.461 e. The molecule has 1 heterocycles. The Bertz CT molecular complexity index is 666. The molecule has 0 bridgehead atoms. The number of hydrogen-bond acceptors (Lipinski definition) is 4. The van der Waals surface area contributed by atoms with E-state index >= 15 is 0 Å². The van der Waals surface area contributed by atoms with Gasteiger partial charge in [-0.3, -0.25) is 0 Å². The molecular weight excluding hydrogens is 310 g/mol. The maximum atomic E-state index is 13.8. The van der Waals surface area contributed by atoms with E-state index in [1.165, 1.54) is 5.38 Å². The minimum atomic E-state index is -4.61. The molecule has 0 spiro atoms. The minimum absolute atomic E-state index is 0.00357. The van der Waals surface area contributed by atoms with Crippen LogP contribution in [0.3, 0.4) is 0 Å². The van der Waals surface area contributed by atoms with Gasteiger partial charge in [-0.15, -0.1) is 11.3 Å². The molecule has 0 N–H and O–H groups in total. The summed E-state index contributed by atoms with van der Waals surface area (Å²) in [5.41, 5.74) is -1.18. The van der Waals surface area contributed by atoms with Crippen molar-refractivity contribution in [2.75, 3.05) is 6.61 Å². The van der Waals surface area contributed by atoms with E-state index in [9.17, 15) is 22.4 Å². The summed E-state index contributed by atoms with van der Waals surface area (Å²) < 4.78 is 55.9. The van der Waals surface area contributed by atoms with Gasteiger partial charge in [0.05, 0.1) is 12.2 Å². The molecule has 0 saturated heterocycles. The van der Waals surface area contributed by atoms with Crippen molar-refractivity contribution in [1.82, 2.24) is 4.98 Å². The molecule has 0 aliphatic heterocycles. The van der Waals surface area contributed by atoms with E-state index < -0.39 is 23.5 Å². The topological polar surface area (TPSA) is 39.2 Å². The summed E-state index contributed by atoms with van der Waals surface area (Å²) in [6.45, 7) is 1.79. The molecule has 21 heavy (non-hydrogen) atoms. The summed E-state index contributed by atoms with van der Waals surface area (Å²) in [7, 11) is 0. The molecule has 0 fully saturated rings. The number of carbonyl (C=O) groups excluding carboxylic acids is 1. The summed E-state index contributed by atoms with van der Waals surface area (Å²) in [5.74, 6) is -1.71. The van der Waals surface area contributed by atoms with Crippen molar-refractivity contribution in [1.29, 1.82) is 0 Å². The van der Waals surface area contributed by atoms with Crippen LogP contribution in [-0.2, 0) is 10.9 Å². The van der Waals surface area contributed by atoms with Crippen molar-refractivity contribution in [3.8, 4) is 10.6 Å². The van der Waals surface area contributed by atoms with Gasteiger partial charge < -0.3 is 4.74 Å². The van der Waals surface area contributed by atoms with E-state index in [1.807, 2.05) is 0 Å². The lowest BCUT2D eigenvalue weighted by Crippen LogP contribution is -2.06. The van der Waals surface area contributed by atoms with Crippen molar-refractivity contribution in [2.24, 2.45) is 0 Å². The highest BCUT2D eigenvalue weighted by Gasteiger charge is 2.31. The van der Waals surface area contributed by atoms with Gasteiger partial charge in [-0.1, -0.05) is 0 Å². The van der Waals surface area contributed by atoms with Crippen LogP contribution in [0.2, 0.25) is 0 Å². The maximum Gasteiger partial charge on any atom is 0.416 e. The van der Waals surface area contributed by atoms with Crippen LogP contribution in [0.15, 0.2) is 23.6 Å². The number of ether oxygens (including phenoxy) is 1. The molecule has 0 aliphatic rings. The van der Waals surface area contributed by atoms with Gasteiger partial charge in [-0.2, -0.15) is 13.2 Å². The summed E-state index contributed by atoms with van der Waals surface area (Å²) in [6.07, 6.45) is -4.61. The molecule has 0 aliphatic carbocycles. The molecule has 0 saturated carbocycles. The highest BCUT2D eigenvalue weighted by atomic mass is 32.1. The first kappa shape index (κ1) is 15.4. The zero-order valence-electron chi connectivity index (χ0n) is 10.7. The average molecular weight is 319 g/mol. The number of hydrogen-bond donors (Lipinski definition) is 0. The standard InChI is InChI=1S/C13H9F4NO2S/c1-2-20-12(19)10-6-21-11(18-10)8-4-3-7(5-9(8)14)13(15,16)17/h3-6H,2H2,1H3. The molecule has 2 rings (SSSR count). The Kier molecular flexibility index (Phi) is 4.26. The summed E-state index contributed by atoms with van der Waals surface area (Å²) >= 11 is 0.951. The van der Waals surface area contributed by atoms with E-state index in [0.717, 1.165) is 23.5 Å². The molecule has 1 aromatic heterocycles. The van der Waals surface area contributed by atoms with Crippen LogP contribution in [-0.4, -0.2) is 17.6 Å². The molecule has 3 nitrogen and oxygen atoms in total. The zero-order valence-corrected chi connectivity index (χ0v) is 11.5. The summed E-state index contributed by atoms with van der Waals surface area (Å²) in [4.78, 5) is 15.3. The number of rotatable bonds is 3. The highest BCUT2D eigenvalue weighted by Crippen LogP contribution is 2.33. The normalized spacial score (nSPS) is 11.5. The number of nitrogens with zero attached hydrogens (tertiary/aromatic N) is 1. The van der Waals surface area contributed by atoms with Gasteiger partial charge in [0.1, 0.15) is 10.8 Å². The van der Waals surface area contributed by atoms with Crippen LogP contribution in [0.4, 0.5) is 17.6 Å². The number of halogens is 4. The second-order valence-electron chi connectivity index (χ2n) is 3.95. The molecule has 0 unspecified atom stereocenters. The smallest absolute Gasteiger partial charge is 0.416 e. The third kappa shape index (κ3) is 3.38. The monoisotopic (exact) mass is 319 g/mol. The van der Waals surface area contributed by atoms with Gasteiger partial charge in [0, 0.05) is 10.9 Å². The Morgan fingerprint density at radius 3 is 2.67 bits per heavy atom. The molecule has 2 aromatic rings. The van der Waals surface area contributed by atoms with Crippen molar-refractivity contribution in [3.05, 3.63) is 40.7 Å². The largest absolute Gasteiger partial charge is 0.461 e. The van der Waals surface area contributed by atoms with Gasteiger partial charge in [0.2, 0.25) is 0 Å². The number of thiazole rings is 1. The lowest BCUT2D eigenvalue weighted by Gasteiger charge is -2.07. The Morgan fingerprint density at radius 1 is 1.38 bits per heavy atom. The predicted molar refractivity (Wildman–Crippen MR) is 68.5 cm³/mol. The quantitative estimate of drug-likeness (QED) is 0.630. The number of benzene rings is 1. The van der Waals surface area contributed by atoms with Crippen LogP contribution in [0.25, 0.3) is 10.6 Å². The zero-order chi connectivity index (χ0) is 15.6. The third-order valence-electron chi connectivity index (χ3n) is 2.52. The Hall–Kier alpha value is -1.96. The molecule has 0 atom stereocenters. The first-order chi connectivity index (χ1) is 9.82. The Balaban J connectivity index is 2.33. The molecule has 1 aromatic carbocycles. The fourth-order valence-corrected chi connectivity index (χ4v) is 2.38.